The van der Waals surface area contributed by atoms with E-state index in [1.54, 1.807) is 29.2 Å². The zero-order chi connectivity index (χ0) is 17.0. The average molecular weight is 345 g/mol. The van der Waals surface area contributed by atoms with Crippen molar-refractivity contribution in [1.82, 2.24) is 24.6 Å². The number of imidazole rings is 1. The second-order valence-electron chi connectivity index (χ2n) is 5.93. The summed E-state index contributed by atoms with van der Waals surface area (Å²) in [5.74, 6) is -0.108. The zero-order valence-corrected chi connectivity index (χ0v) is 13.8. The maximum atomic E-state index is 14.9. The van der Waals surface area contributed by atoms with Gasteiger partial charge < -0.3 is 10.1 Å². The molecular formula is C16H14ClFN6. The van der Waals surface area contributed by atoms with Gasteiger partial charge in [-0.3, -0.25) is 10.1 Å². The zero-order valence-electron chi connectivity index (χ0n) is 13.0. The van der Waals surface area contributed by atoms with E-state index in [0.29, 0.717) is 33.8 Å². The number of hydrogen-bond donors (Lipinski definition) is 2. The number of fused-ring (bicyclic) bond motifs is 2. The molecule has 3 heterocycles. The fraction of sp³-hybridized carbons (Fsp3) is 0.188. The van der Waals surface area contributed by atoms with Gasteiger partial charge in [-0.25, -0.2) is 9.37 Å². The Morgan fingerprint density at radius 1 is 1.29 bits per heavy atom. The summed E-state index contributed by atoms with van der Waals surface area (Å²) in [5.41, 5.74) is 8.47. The van der Waals surface area contributed by atoms with E-state index in [1.165, 1.54) is 0 Å². The topological polar surface area (TPSA) is 84.9 Å². The van der Waals surface area contributed by atoms with E-state index in [1.807, 2.05) is 13.8 Å². The van der Waals surface area contributed by atoms with E-state index in [-0.39, 0.29) is 10.9 Å². The summed E-state index contributed by atoms with van der Waals surface area (Å²) in [6, 6.07) is 0. The first-order chi connectivity index (χ1) is 11.5. The molecule has 0 saturated heterocycles. The van der Waals surface area contributed by atoms with Crippen LogP contribution in [-0.2, 0) is 0 Å². The van der Waals surface area contributed by atoms with Crippen molar-refractivity contribution in [3.05, 3.63) is 41.2 Å². The van der Waals surface area contributed by atoms with Gasteiger partial charge in [0.05, 0.1) is 34.8 Å². The molecule has 4 aromatic rings. The lowest BCUT2D eigenvalue weighted by molar-refractivity contribution is 0.602. The lowest BCUT2D eigenvalue weighted by Crippen LogP contribution is -2.00. The van der Waals surface area contributed by atoms with Gasteiger partial charge in [0.1, 0.15) is 11.6 Å². The summed E-state index contributed by atoms with van der Waals surface area (Å²) in [6.07, 6.45) is 6.60. The molecule has 0 aliphatic rings. The van der Waals surface area contributed by atoms with E-state index in [9.17, 15) is 4.39 Å². The molecule has 6 nitrogen and oxygen atoms in total. The van der Waals surface area contributed by atoms with E-state index < -0.39 is 5.82 Å². The van der Waals surface area contributed by atoms with Crippen molar-refractivity contribution < 1.29 is 4.39 Å². The maximum Gasteiger partial charge on any atom is 0.157 e. The smallest absolute Gasteiger partial charge is 0.157 e. The second-order valence-corrected chi connectivity index (χ2v) is 6.31. The number of rotatable bonds is 2. The highest BCUT2D eigenvalue weighted by Crippen LogP contribution is 2.40. The van der Waals surface area contributed by atoms with Gasteiger partial charge in [0.2, 0.25) is 0 Å². The summed E-state index contributed by atoms with van der Waals surface area (Å²) < 4.78 is 16.6. The Hall–Kier alpha value is -2.67. The van der Waals surface area contributed by atoms with E-state index in [4.69, 9.17) is 17.3 Å². The normalized spacial score (nSPS) is 11.9. The minimum absolute atomic E-state index is 0.0348. The van der Waals surface area contributed by atoms with Crippen molar-refractivity contribution in [2.75, 3.05) is 5.73 Å². The minimum Gasteiger partial charge on any atom is -0.382 e. The molecule has 0 fully saturated rings. The Bertz CT molecular complexity index is 1080. The van der Waals surface area contributed by atoms with Crippen LogP contribution in [0.1, 0.15) is 25.3 Å². The standard InChI is InChI=1S/C16H14ClFN6/c1-7(2)12-15(18)14(17)13(8-3-21-23-16(8)12)9-5-24-6-10(19)22-11(24)4-20-9/h3-7H,19H2,1-2H3,(H,21,23). The van der Waals surface area contributed by atoms with Crippen molar-refractivity contribution in [3.8, 4) is 11.3 Å². The van der Waals surface area contributed by atoms with Crippen LogP contribution in [0.3, 0.4) is 0 Å². The SMILES string of the molecule is CC(C)c1c(F)c(Cl)c(-c2cn3cc(N)nc3cn2)c2cn[nH]c12. The third-order valence-electron chi connectivity index (χ3n) is 4.02. The molecule has 24 heavy (non-hydrogen) atoms. The number of aromatic nitrogens is 5. The van der Waals surface area contributed by atoms with Gasteiger partial charge in [0.25, 0.3) is 0 Å². The van der Waals surface area contributed by atoms with Gasteiger partial charge in [0.15, 0.2) is 5.65 Å². The first-order valence-corrected chi connectivity index (χ1v) is 7.79. The third-order valence-corrected chi connectivity index (χ3v) is 4.38. The highest BCUT2D eigenvalue weighted by atomic mass is 35.5. The molecule has 8 heteroatoms. The first-order valence-electron chi connectivity index (χ1n) is 7.42. The number of nitrogens with zero attached hydrogens (tertiary/aromatic N) is 4. The number of hydrogen-bond acceptors (Lipinski definition) is 4. The third kappa shape index (κ3) is 2.05. The van der Waals surface area contributed by atoms with Crippen LogP contribution in [0.5, 0.6) is 0 Å². The monoisotopic (exact) mass is 344 g/mol. The molecule has 0 unspecified atom stereocenters. The van der Waals surface area contributed by atoms with Gasteiger partial charge in [-0.1, -0.05) is 25.4 Å². The Labute approximate surface area is 141 Å². The number of nitrogen functional groups attached to an aromatic ring is 1. The Morgan fingerprint density at radius 2 is 2.08 bits per heavy atom. The van der Waals surface area contributed by atoms with Crippen LogP contribution in [0, 0.1) is 5.82 Å². The number of halogens is 2. The quantitative estimate of drug-likeness (QED) is 0.579. The van der Waals surface area contributed by atoms with Crippen molar-refractivity contribution in [2.24, 2.45) is 0 Å². The van der Waals surface area contributed by atoms with Gasteiger partial charge in [0, 0.05) is 22.7 Å². The summed E-state index contributed by atoms with van der Waals surface area (Å²) in [4.78, 5) is 8.50. The molecule has 3 aromatic heterocycles. The molecule has 0 spiro atoms. The summed E-state index contributed by atoms with van der Waals surface area (Å²) in [6.45, 7) is 3.82. The van der Waals surface area contributed by atoms with Crippen LogP contribution in [0.4, 0.5) is 10.2 Å². The predicted octanol–water partition coefficient (Wildman–Crippen LogP) is 3.77. The number of nitrogens with one attached hydrogen (secondary N) is 1. The number of H-pyrrole nitrogens is 1. The van der Waals surface area contributed by atoms with E-state index in [0.717, 1.165) is 5.39 Å². The molecule has 0 radical (unpaired) electrons. The fourth-order valence-electron chi connectivity index (χ4n) is 2.98. The Morgan fingerprint density at radius 3 is 2.83 bits per heavy atom. The molecule has 0 aliphatic carbocycles. The molecule has 0 bridgehead atoms. The van der Waals surface area contributed by atoms with Gasteiger partial charge in [-0.2, -0.15) is 5.10 Å². The number of nitrogens with two attached hydrogens (primary N) is 1. The van der Waals surface area contributed by atoms with Crippen LogP contribution >= 0.6 is 11.6 Å². The second kappa shape index (κ2) is 5.17. The number of benzene rings is 1. The van der Waals surface area contributed by atoms with Crippen LogP contribution in [0.15, 0.2) is 24.8 Å². The minimum atomic E-state index is -0.453. The van der Waals surface area contributed by atoms with Crippen LogP contribution in [-0.4, -0.2) is 24.6 Å². The van der Waals surface area contributed by atoms with E-state index in [2.05, 4.69) is 20.2 Å². The van der Waals surface area contributed by atoms with Crippen molar-refractivity contribution >= 4 is 34.0 Å². The molecule has 122 valence electrons. The van der Waals surface area contributed by atoms with Crippen LogP contribution in [0.25, 0.3) is 27.8 Å². The lowest BCUT2D eigenvalue weighted by Gasteiger charge is -2.14. The molecule has 1 aromatic carbocycles. The molecule has 0 amide bonds. The first kappa shape index (κ1) is 14.9. The van der Waals surface area contributed by atoms with Crippen LogP contribution < -0.4 is 5.73 Å². The summed E-state index contributed by atoms with van der Waals surface area (Å²) >= 11 is 6.36. The highest BCUT2D eigenvalue weighted by Gasteiger charge is 2.23. The summed E-state index contributed by atoms with van der Waals surface area (Å²) in [7, 11) is 0. The lowest BCUT2D eigenvalue weighted by atomic mass is 9.96. The molecule has 3 N–H and O–H groups in total. The molecule has 0 atom stereocenters. The molecule has 0 saturated carbocycles. The van der Waals surface area contributed by atoms with Crippen molar-refractivity contribution in [3.63, 3.8) is 0 Å². The van der Waals surface area contributed by atoms with Crippen LogP contribution in [0.2, 0.25) is 5.02 Å². The van der Waals surface area contributed by atoms with Gasteiger partial charge in [-0.15, -0.1) is 0 Å². The molecule has 4 rings (SSSR count). The fourth-order valence-corrected chi connectivity index (χ4v) is 3.28. The van der Waals surface area contributed by atoms with E-state index >= 15 is 0 Å². The predicted molar refractivity (Wildman–Crippen MR) is 91.5 cm³/mol. The number of anilines is 1. The molecule has 0 aliphatic heterocycles. The summed E-state index contributed by atoms with van der Waals surface area (Å²) in [5, 5.41) is 7.70. The maximum absolute atomic E-state index is 14.9. The van der Waals surface area contributed by atoms with Gasteiger partial charge >= 0.3 is 0 Å². The largest absolute Gasteiger partial charge is 0.382 e. The van der Waals surface area contributed by atoms with Crippen molar-refractivity contribution in [2.45, 2.75) is 19.8 Å². The molecular weight excluding hydrogens is 331 g/mol. The Kier molecular flexibility index (Phi) is 3.21. The number of aromatic amines is 1. The Balaban J connectivity index is 2.07. The highest BCUT2D eigenvalue weighted by molar-refractivity contribution is 6.35. The van der Waals surface area contributed by atoms with Crippen molar-refractivity contribution in [1.29, 1.82) is 0 Å². The average Bonchev–Trinajstić information content (AvgIpc) is 3.12. The van der Waals surface area contributed by atoms with Gasteiger partial charge in [-0.05, 0) is 5.92 Å².